The minimum atomic E-state index is -2.80. The number of halogens is 4. The quantitative estimate of drug-likeness (QED) is 0.168. The maximum atomic E-state index is 13.7. The molecule has 0 heterocycles. The number of hydrazine groups is 1. The first-order valence-electron chi connectivity index (χ1n) is 8.83. The molecule has 0 aliphatic heterocycles. The van der Waals surface area contributed by atoms with E-state index in [4.69, 9.17) is 28.4 Å². The van der Waals surface area contributed by atoms with Crippen molar-refractivity contribution in [2.45, 2.75) is 24.7 Å². The lowest BCUT2D eigenvalue weighted by molar-refractivity contribution is -0.214. The van der Waals surface area contributed by atoms with Gasteiger partial charge in [-0.25, -0.2) is 23.9 Å². The Hall–Kier alpha value is -1.66. The van der Waals surface area contributed by atoms with Crippen molar-refractivity contribution < 1.29 is 27.5 Å². The fraction of sp³-hybridized carbons (Fsp3) is 0.500. The van der Waals surface area contributed by atoms with E-state index in [2.05, 4.69) is 9.88 Å². The summed E-state index contributed by atoms with van der Waals surface area (Å²) in [5, 5.41) is 7.94. The van der Waals surface area contributed by atoms with Crippen molar-refractivity contribution in [1.82, 2.24) is 5.01 Å². The highest BCUT2D eigenvalue weighted by Crippen LogP contribution is 2.51. The van der Waals surface area contributed by atoms with Crippen LogP contribution in [0.3, 0.4) is 0 Å². The van der Waals surface area contributed by atoms with Crippen molar-refractivity contribution >= 4 is 28.2 Å². The topological polar surface area (TPSA) is 114 Å². The Morgan fingerprint density at radius 3 is 2.60 bits per heavy atom. The van der Waals surface area contributed by atoms with Crippen LogP contribution in [-0.4, -0.2) is 58.9 Å². The third-order valence-electron chi connectivity index (χ3n) is 4.44. The molecular formula is C18H26ClF3N4O3S. The van der Waals surface area contributed by atoms with Gasteiger partial charge in [-0.3, -0.25) is 14.5 Å². The second-order valence-electron chi connectivity index (χ2n) is 6.49. The molecule has 0 amide bonds. The fourth-order valence-corrected chi connectivity index (χ4v) is 3.50. The molecule has 7 nitrogen and oxygen atoms in total. The zero-order chi connectivity index (χ0) is 22.9. The van der Waals surface area contributed by atoms with Crippen LogP contribution in [0.15, 0.2) is 35.0 Å². The molecule has 1 aromatic carbocycles. The minimum absolute atomic E-state index is 0.00217. The predicted octanol–water partition coefficient (Wildman–Crippen LogP) is 2.68. The molecule has 0 aromatic heterocycles. The molecule has 170 valence electrons. The van der Waals surface area contributed by atoms with Gasteiger partial charge in [0.2, 0.25) is 0 Å². The lowest BCUT2D eigenvalue weighted by atomic mass is 9.94. The van der Waals surface area contributed by atoms with Gasteiger partial charge in [-0.15, -0.1) is 0 Å². The van der Waals surface area contributed by atoms with Gasteiger partial charge < -0.3 is 10.7 Å². The molecule has 0 spiro atoms. The Morgan fingerprint density at radius 1 is 1.50 bits per heavy atom. The van der Waals surface area contributed by atoms with Crippen LogP contribution in [0, 0.1) is 5.82 Å². The molecule has 1 aliphatic rings. The van der Waals surface area contributed by atoms with E-state index >= 15 is 0 Å². The average molecular weight is 471 g/mol. The van der Waals surface area contributed by atoms with Crippen molar-refractivity contribution in [3.05, 3.63) is 46.4 Å². The molecule has 0 saturated heterocycles. The van der Waals surface area contributed by atoms with Crippen LogP contribution in [-0.2, 0) is 21.1 Å². The summed E-state index contributed by atoms with van der Waals surface area (Å²) >= 11 is 6.04. The number of amidine groups is 1. The largest absolute Gasteiger partial charge is 0.387 e. The van der Waals surface area contributed by atoms with Crippen molar-refractivity contribution in [2.75, 3.05) is 32.2 Å². The van der Waals surface area contributed by atoms with Crippen molar-refractivity contribution in [1.29, 1.82) is 0 Å². The summed E-state index contributed by atoms with van der Waals surface area (Å²) in [5.41, 5.74) is 5.55. The molecular weight excluding hydrogens is 445 g/mol. The Balaban J connectivity index is 0.00000141. The van der Waals surface area contributed by atoms with E-state index in [-0.39, 0.29) is 29.7 Å². The number of hydrogen-bond acceptors (Lipinski definition) is 6. The first-order chi connectivity index (χ1) is 14.1. The maximum Gasteiger partial charge on any atom is 0.279 e. The van der Waals surface area contributed by atoms with Gasteiger partial charge in [0, 0.05) is 29.4 Å². The molecule has 5 N–H and O–H groups in total. The second-order valence-corrected chi connectivity index (χ2v) is 8.42. The van der Waals surface area contributed by atoms with E-state index in [1.165, 1.54) is 25.5 Å². The van der Waals surface area contributed by atoms with E-state index in [1.807, 2.05) is 0 Å². The number of nitrogens with two attached hydrogens (primary N) is 2. The number of rotatable bonds is 9. The molecule has 30 heavy (non-hydrogen) atoms. The SMILES string of the molecule is COO.CS(=O)CCN(N)/C(=C\CN=C(N)C1(c2cccc(F)c2Cl)CC1)C(F)F. The molecule has 1 atom stereocenters. The van der Waals surface area contributed by atoms with Crippen molar-refractivity contribution in [3.8, 4) is 0 Å². The zero-order valence-corrected chi connectivity index (χ0v) is 18.2. The van der Waals surface area contributed by atoms with E-state index in [9.17, 15) is 17.4 Å². The summed E-state index contributed by atoms with van der Waals surface area (Å²) in [6.45, 7) is -0.0789. The summed E-state index contributed by atoms with van der Waals surface area (Å²) in [6, 6.07) is 4.49. The Kier molecular flexibility index (Phi) is 10.8. The molecule has 2 rings (SSSR count). The monoisotopic (exact) mass is 470 g/mol. The summed E-state index contributed by atoms with van der Waals surface area (Å²) < 4.78 is 51.2. The molecule has 1 aromatic rings. The predicted molar refractivity (Wildman–Crippen MR) is 112 cm³/mol. The average Bonchev–Trinajstić information content (AvgIpc) is 3.47. The van der Waals surface area contributed by atoms with Crippen LogP contribution in [0.1, 0.15) is 18.4 Å². The Morgan fingerprint density at radius 2 is 2.10 bits per heavy atom. The summed E-state index contributed by atoms with van der Waals surface area (Å²) in [5.74, 6) is 5.47. The molecule has 12 heteroatoms. The number of allylic oxidation sites excluding steroid dienone is 1. The molecule has 1 unspecified atom stereocenters. The molecule has 0 bridgehead atoms. The van der Waals surface area contributed by atoms with Crippen LogP contribution in [0.5, 0.6) is 0 Å². The standard InChI is InChI=1S/C17H22ClF3N4OS.CH4O2/c1-27(26)10-9-25(23)13(15(20)21)5-8-24-16(22)17(6-7-17)11-3-2-4-12(19)14(11)18;1-3-2/h2-5,15H,6-10,23H2,1H3,(H2,22,24);2H,1H3/b13-5-;. The highest BCUT2D eigenvalue weighted by atomic mass is 35.5. The minimum Gasteiger partial charge on any atom is -0.387 e. The van der Waals surface area contributed by atoms with Gasteiger partial charge in [0.15, 0.2) is 0 Å². The summed E-state index contributed by atoms with van der Waals surface area (Å²) in [7, 11) is 0.0381. The first-order valence-corrected chi connectivity index (χ1v) is 10.9. The van der Waals surface area contributed by atoms with Crippen LogP contribution in [0.2, 0.25) is 5.02 Å². The van der Waals surface area contributed by atoms with Crippen LogP contribution in [0.4, 0.5) is 13.2 Å². The van der Waals surface area contributed by atoms with Gasteiger partial charge in [0.05, 0.1) is 29.8 Å². The highest BCUT2D eigenvalue weighted by Gasteiger charge is 2.49. The van der Waals surface area contributed by atoms with Crippen LogP contribution < -0.4 is 11.6 Å². The number of aliphatic imine (C=N–C) groups is 1. The van der Waals surface area contributed by atoms with Crippen LogP contribution >= 0.6 is 11.6 Å². The van der Waals surface area contributed by atoms with Gasteiger partial charge in [-0.2, -0.15) is 0 Å². The van der Waals surface area contributed by atoms with E-state index in [0.29, 0.717) is 18.4 Å². The zero-order valence-electron chi connectivity index (χ0n) is 16.7. The van der Waals surface area contributed by atoms with Crippen molar-refractivity contribution in [2.24, 2.45) is 16.6 Å². The molecule has 1 aliphatic carbocycles. The molecule has 0 radical (unpaired) electrons. The van der Waals surface area contributed by atoms with Gasteiger partial charge in [0.25, 0.3) is 6.43 Å². The Bertz CT molecular complexity index is 792. The van der Waals surface area contributed by atoms with Gasteiger partial charge in [-0.05, 0) is 30.5 Å². The van der Waals surface area contributed by atoms with E-state index < -0.39 is 34.2 Å². The highest BCUT2D eigenvalue weighted by molar-refractivity contribution is 7.84. The van der Waals surface area contributed by atoms with Gasteiger partial charge >= 0.3 is 0 Å². The number of nitrogens with zero attached hydrogens (tertiary/aromatic N) is 2. The van der Waals surface area contributed by atoms with Gasteiger partial charge in [0.1, 0.15) is 11.7 Å². The molecule has 1 fully saturated rings. The van der Waals surface area contributed by atoms with Crippen LogP contribution in [0.25, 0.3) is 0 Å². The van der Waals surface area contributed by atoms with E-state index in [1.54, 1.807) is 12.1 Å². The lowest BCUT2D eigenvalue weighted by Crippen LogP contribution is -2.36. The first kappa shape index (κ1) is 26.4. The van der Waals surface area contributed by atoms with Crippen molar-refractivity contribution in [3.63, 3.8) is 0 Å². The Labute approximate surface area is 180 Å². The fourth-order valence-electron chi connectivity index (χ4n) is 2.74. The molecule has 1 saturated carbocycles. The third-order valence-corrected chi connectivity index (χ3v) is 5.59. The number of benzene rings is 1. The number of hydrogen-bond donors (Lipinski definition) is 3. The summed E-state index contributed by atoms with van der Waals surface area (Å²) in [6.07, 6.45) is 1.16. The summed E-state index contributed by atoms with van der Waals surface area (Å²) in [4.78, 5) is 7.42. The number of alkyl halides is 2. The lowest BCUT2D eigenvalue weighted by Gasteiger charge is -2.21. The smallest absolute Gasteiger partial charge is 0.279 e. The normalized spacial score (nSPS) is 16.7. The van der Waals surface area contributed by atoms with E-state index in [0.717, 1.165) is 5.01 Å². The maximum absolute atomic E-state index is 13.7. The second kappa shape index (κ2) is 12.3. The third kappa shape index (κ3) is 7.24. The van der Waals surface area contributed by atoms with Gasteiger partial charge in [-0.1, -0.05) is 23.7 Å².